The van der Waals surface area contributed by atoms with E-state index in [9.17, 15) is 23.1 Å². The van der Waals surface area contributed by atoms with Crippen LogP contribution in [0.25, 0.3) is 0 Å². The van der Waals surface area contributed by atoms with Crippen molar-refractivity contribution in [2.45, 2.75) is 17.4 Å². The average Bonchev–Trinajstić information content (AvgIpc) is 2.77. The van der Waals surface area contributed by atoms with Gasteiger partial charge in [0.05, 0.1) is 23.4 Å². The van der Waals surface area contributed by atoms with Crippen LogP contribution in [0.4, 0.5) is 17.1 Å². The maximum Gasteiger partial charge on any atom is 0.253 e. The van der Waals surface area contributed by atoms with Gasteiger partial charge >= 0.3 is 0 Å². The molecule has 168 valence electrons. The molecule has 11 heteroatoms. The van der Waals surface area contributed by atoms with Crippen molar-refractivity contribution in [2.24, 2.45) is 0 Å². The molecule has 0 aliphatic carbocycles. The number of rotatable bonds is 6. The van der Waals surface area contributed by atoms with Gasteiger partial charge in [0.25, 0.3) is 10.9 Å². The average molecular weight is 478 g/mol. The van der Waals surface area contributed by atoms with Crippen LogP contribution in [-0.2, 0) is 10.0 Å². The third-order valence-corrected chi connectivity index (χ3v) is 7.59. The van der Waals surface area contributed by atoms with Gasteiger partial charge in [-0.3, -0.25) is 9.59 Å². The summed E-state index contributed by atoms with van der Waals surface area (Å²) in [7, 11) is -1.46. The maximum absolute atomic E-state index is 12.6. The molecule has 3 N–H and O–H groups in total. The Morgan fingerprint density at radius 1 is 1.09 bits per heavy atom. The standard InChI is InChI=1S/C21H20ClN3O6S/c1-25(2)32(29,30)21-12(22)7-8-14(18(21)26)24-17-16(19(27)20(17)28)23-13-9-10-31-15-6-4-3-5-11(13)15/h3-8,13,23-24,26H,9-10H2,1-2H3/t13-/m0/s1. The molecule has 32 heavy (non-hydrogen) atoms. The number of aromatic hydroxyl groups is 1. The van der Waals surface area contributed by atoms with Gasteiger partial charge in [0.2, 0.25) is 10.0 Å². The topological polar surface area (TPSA) is 125 Å². The first kappa shape index (κ1) is 22.1. The SMILES string of the molecule is CN(C)S(=O)(=O)c1c(Cl)ccc(Nc2c(N[C@H]3CCOc4ccccc43)c(=O)c2=O)c1O. The molecule has 1 aliphatic rings. The Kier molecular flexibility index (Phi) is 5.61. The summed E-state index contributed by atoms with van der Waals surface area (Å²) in [6.45, 7) is 0.441. The van der Waals surface area contributed by atoms with E-state index < -0.39 is 31.5 Å². The van der Waals surface area contributed by atoms with Gasteiger partial charge < -0.3 is 20.5 Å². The number of hydrogen-bond donors (Lipinski definition) is 3. The Balaban J connectivity index is 1.68. The van der Waals surface area contributed by atoms with Crippen LogP contribution in [0.2, 0.25) is 5.02 Å². The predicted molar refractivity (Wildman–Crippen MR) is 122 cm³/mol. The van der Waals surface area contributed by atoms with E-state index in [0.717, 1.165) is 9.87 Å². The van der Waals surface area contributed by atoms with Gasteiger partial charge in [0.1, 0.15) is 22.0 Å². The zero-order valence-corrected chi connectivity index (χ0v) is 18.7. The number of phenols is 1. The van der Waals surface area contributed by atoms with Crippen LogP contribution < -0.4 is 26.2 Å². The maximum atomic E-state index is 12.6. The Labute approximate surface area is 188 Å². The van der Waals surface area contributed by atoms with Crippen molar-refractivity contribution in [3.63, 3.8) is 0 Å². The summed E-state index contributed by atoms with van der Waals surface area (Å²) in [5.74, 6) is 0.0416. The number of ether oxygens (including phenoxy) is 1. The molecular weight excluding hydrogens is 458 g/mol. The van der Waals surface area contributed by atoms with Gasteiger partial charge in [-0.25, -0.2) is 12.7 Å². The van der Waals surface area contributed by atoms with Crippen LogP contribution in [0, 0.1) is 0 Å². The Morgan fingerprint density at radius 3 is 2.50 bits per heavy atom. The first-order chi connectivity index (χ1) is 15.1. The highest BCUT2D eigenvalue weighted by Gasteiger charge is 2.30. The molecule has 1 aliphatic heterocycles. The van der Waals surface area contributed by atoms with Crippen LogP contribution >= 0.6 is 11.6 Å². The molecule has 0 radical (unpaired) electrons. The zero-order valence-electron chi connectivity index (χ0n) is 17.2. The molecule has 1 heterocycles. The lowest BCUT2D eigenvalue weighted by atomic mass is 9.99. The number of nitrogens with one attached hydrogen (secondary N) is 2. The zero-order chi connectivity index (χ0) is 23.2. The van der Waals surface area contributed by atoms with Crippen molar-refractivity contribution in [3.05, 3.63) is 67.4 Å². The second-order valence-electron chi connectivity index (χ2n) is 7.47. The molecule has 1 atom stereocenters. The Hall–Kier alpha value is -3.08. The van der Waals surface area contributed by atoms with Crippen LogP contribution in [0.3, 0.4) is 0 Å². The predicted octanol–water partition coefficient (Wildman–Crippen LogP) is 2.57. The number of phenolic OH excluding ortho intramolecular Hbond substituents is 1. The van der Waals surface area contributed by atoms with Gasteiger partial charge in [0.15, 0.2) is 5.75 Å². The third kappa shape index (κ3) is 3.60. The second-order valence-corrected chi connectivity index (χ2v) is 9.96. The lowest BCUT2D eigenvalue weighted by molar-refractivity contribution is 0.274. The smallest absolute Gasteiger partial charge is 0.253 e. The molecule has 3 aromatic rings. The first-order valence-electron chi connectivity index (χ1n) is 9.65. The van der Waals surface area contributed by atoms with Gasteiger partial charge in [-0.1, -0.05) is 29.8 Å². The molecule has 0 amide bonds. The summed E-state index contributed by atoms with van der Waals surface area (Å²) in [5.41, 5.74) is -0.707. The summed E-state index contributed by atoms with van der Waals surface area (Å²) in [6.07, 6.45) is 0.576. The monoisotopic (exact) mass is 477 g/mol. The molecule has 0 bridgehead atoms. The van der Waals surface area contributed by atoms with Crippen LogP contribution in [0.5, 0.6) is 11.5 Å². The molecule has 0 unspecified atom stereocenters. The van der Waals surface area contributed by atoms with Crippen LogP contribution in [-0.4, -0.2) is 38.5 Å². The Bertz CT molecular complexity index is 1380. The van der Waals surface area contributed by atoms with E-state index in [1.807, 2.05) is 24.3 Å². The van der Waals surface area contributed by atoms with Crippen molar-refractivity contribution in [1.29, 1.82) is 0 Å². The van der Waals surface area contributed by atoms with E-state index in [4.69, 9.17) is 16.3 Å². The first-order valence-corrected chi connectivity index (χ1v) is 11.5. The number of anilines is 3. The molecule has 0 aromatic heterocycles. The highest BCUT2D eigenvalue weighted by molar-refractivity contribution is 7.89. The molecule has 0 spiro atoms. The highest BCUT2D eigenvalue weighted by Crippen LogP contribution is 2.40. The largest absolute Gasteiger partial charge is 0.504 e. The van der Waals surface area contributed by atoms with Crippen molar-refractivity contribution in [1.82, 2.24) is 4.31 Å². The van der Waals surface area contributed by atoms with E-state index in [0.29, 0.717) is 18.8 Å². The number of halogens is 1. The lowest BCUT2D eigenvalue weighted by Gasteiger charge is -2.28. The lowest BCUT2D eigenvalue weighted by Crippen LogP contribution is -2.38. The van der Waals surface area contributed by atoms with E-state index in [1.54, 1.807) is 0 Å². The summed E-state index contributed by atoms with van der Waals surface area (Å²) >= 11 is 6.02. The molecule has 9 nitrogen and oxygen atoms in total. The molecule has 3 aromatic carbocycles. The molecule has 0 saturated carbocycles. The quantitative estimate of drug-likeness (QED) is 0.365. The van der Waals surface area contributed by atoms with E-state index >= 15 is 0 Å². The highest BCUT2D eigenvalue weighted by atomic mass is 35.5. The molecule has 0 saturated heterocycles. The minimum Gasteiger partial charge on any atom is -0.504 e. The van der Waals surface area contributed by atoms with Crippen molar-refractivity contribution in [2.75, 3.05) is 31.3 Å². The van der Waals surface area contributed by atoms with Crippen LogP contribution in [0.1, 0.15) is 18.0 Å². The normalized spacial score (nSPS) is 15.9. The summed E-state index contributed by atoms with van der Waals surface area (Å²) < 4.78 is 31.6. The summed E-state index contributed by atoms with van der Waals surface area (Å²) in [6, 6.07) is 9.74. The van der Waals surface area contributed by atoms with E-state index in [-0.39, 0.29) is 28.1 Å². The molecule has 4 rings (SSSR count). The van der Waals surface area contributed by atoms with Crippen molar-refractivity contribution < 1.29 is 18.3 Å². The molecule has 0 fully saturated rings. The van der Waals surface area contributed by atoms with E-state index in [2.05, 4.69) is 10.6 Å². The number of para-hydroxylation sites is 1. The van der Waals surface area contributed by atoms with Crippen molar-refractivity contribution >= 4 is 38.7 Å². The van der Waals surface area contributed by atoms with E-state index in [1.165, 1.54) is 26.2 Å². The van der Waals surface area contributed by atoms with Gasteiger partial charge in [-0.2, -0.15) is 0 Å². The Morgan fingerprint density at radius 2 is 1.78 bits per heavy atom. The number of fused-ring (bicyclic) bond motifs is 1. The van der Waals surface area contributed by atoms with Crippen LogP contribution in [0.15, 0.2) is 50.9 Å². The summed E-state index contributed by atoms with van der Waals surface area (Å²) in [4.78, 5) is 24.0. The van der Waals surface area contributed by atoms with Gasteiger partial charge in [-0.15, -0.1) is 0 Å². The van der Waals surface area contributed by atoms with Crippen molar-refractivity contribution in [3.8, 4) is 11.5 Å². The van der Waals surface area contributed by atoms with Gasteiger partial charge in [0, 0.05) is 26.1 Å². The number of nitrogens with zero attached hydrogens (tertiary/aromatic N) is 1. The minimum absolute atomic E-state index is 0.0584. The fourth-order valence-corrected chi connectivity index (χ4v) is 5.00. The fraction of sp³-hybridized carbons (Fsp3) is 0.238. The second kappa shape index (κ2) is 8.12. The number of sulfonamides is 1. The minimum atomic E-state index is -4.07. The summed E-state index contributed by atoms with van der Waals surface area (Å²) in [5, 5.41) is 16.2. The van der Waals surface area contributed by atoms with Gasteiger partial charge in [-0.05, 0) is 18.2 Å². The third-order valence-electron chi connectivity index (χ3n) is 5.27. The molecular formula is C21H20ClN3O6S. The fourth-order valence-electron chi connectivity index (χ4n) is 3.52. The number of hydrogen-bond acceptors (Lipinski definition) is 8. The number of benzene rings is 2.